The molecule has 0 radical (unpaired) electrons. The molecule has 1 aromatic rings. The standard InChI is InChI=1S/C23H33NO/c1-2-3-4-5-6-8-20-10-12-22(13-11-20)19-25-23-16-14-21(15-17-23)9-7-18-24/h7,9-13,21,23H,2-6,8,14-17,19H2,1H3. The van der Waals surface area contributed by atoms with Crippen LogP contribution in [-0.2, 0) is 17.8 Å². The summed E-state index contributed by atoms with van der Waals surface area (Å²) in [6.07, 6.45) is 16.5. The molecule has 0 aromatic heterocycles. The topological polar surface area (TPSA) is 33.0 Å². The third-order valence-corrected chi connectivity index (χ3v) is 5.24. The summed E-state index contributed by atoms with van der Waals surface area (Å²) in [7, 11) is 0. The Balaban J connectivity index is 1.63. The first-order valence-electron chi connectivity index (χ1n) is 10.1. The number of benzene rings is 1. The lowest BCUT2D eigenvalue weighted by Gasteiger charge is -2.26. The van der Waals surface area contributed by atoms with Crippen molar-refractivity contribution in [2.75, 3.05) is 0 Å². The molecule has 0 atom stereocenters. The lowest BCUT2D eigenvalue weighted by Crippen LogP contribution is -2.20. The lowest BCUT2D eigenvalue weighted by atomic mass is 9.87. The second-order valence-corrected chi connectivity index (χ2v) is 7.32. The number of allylic oxidation sites excluding steroid dienone is 2. The van der Waals surface area contributed by atoms with Crippen molar-refractivity contribution < 1.29 is 4.74 Å². The van der Waals surface area contributed by atoms with Crippen LogP contribution in [-0.4, -0.2) is 6.10 Å². The second kappa shape index (κ2) is 11.9. The van der Waals surface area contributed by atoms with E-state index in [0.29, 0.717) is 12.0 Å². The Morgan fingerprint density at radius 3 is 2.36 bits per heavy atom. The van der Waals surface area contributed by atoms with Crippen LogP contribution in [0.4, 0.5) is 0 Å². The second-order valence-electron chi connectivity index (χ2n) is 7.32. The van der Waals surface area contributed by atoms with E-state index in [0.717, 1.165) is 32.3 Å². The highest BCUT2D eigenvalue weighted by Crippen LogP contribution is 2.27. The van der Waals surface area contributed by atoms with Gasteiger partial charge < -0.3 is 4.74 Å². The van der Waals surface area contributed by atoms with Crippen LogP contribution >= 0.6 is 0 Å². The van der Waals surface area contributed by atoms with Crippen LogP contribution in [0.15, 0.2) is 36.4 Å². The molecule has 0 unspecified atom stereocenters. The van der Waals surface area contributed by atoms with Crippen LogP contribution < -0.4 is 0 Å². The zero-order valence-corrected chi connectivity index (χ0v) is 15.8. The van der Waals surface area contributed by atoms with Crippen LogP contribution in [0.2, 0.25) is 0 Å². The van der Waals surface area contributed by atoms with Crippen molar-refractivity contribution in [1.29, 1.82) is 5.26 Å². The fourth-order valence-corrected chi connectivity index (χ4v) is 3.58. The molecule has 2 nitrogen and oxygen atoms in total. The minimum Gasteiger partial charge on any atom is -0.374 e. The third kappa shape index (κ3) is 7.88. The van der Waals surface area contributed by atoms with Crippen LogP contribution in [0.5, 0.6) is 0 Å². The molecule has 0 amide bonds. The first-order valence-corrected chi connectivity index (χ1v) is 10.1. The largest absolute Gasteiger partial charge is 0.374 e. The van der Waals surface area contributed by atoms with Crippen molar-refractivity contribution in [3.8, 4) is 6.07 Å². The summed E-state index contributed by atoms with van der Waals surface area (Å²) in [6.45, 7) is 2.98. The summed E-state index contributed by atoms with van der Waals surface area (Å²) in [4.78, 5) is 0. The monoisotopic (exact) mass is 339 g/mol. The average molecular weight is 340 g/mol. The maximum Gasteiger partial charge on any atom is 0.0908 e. The molecular weight excluding hydrogens is 306 g/mol. The third-order valence-electron chi connectivity index (χ3n) is 5.24. The number of unbranched alkanes of at least 4 members (excludes halogenated alkanes) is 4. The Hall–Kier alpha value is -1.59. The van der Waals surface area contributed by atoms with Crippen molar-refractivity contribution >= 4 is 0 Å². The van der Waals surface area contributed by atoms with Crippen molar-refractivity contribution in [3.63, 3.8) is 0 Å². The highest BCUT2D eigenvalue weighted by molar-refractivity contribution is 5.22. The summed E-state index contributed by atoms with van der Waals surface area (Å²) in [6, 6.07) is 11.1. The van der Waals surface area contributed by atoms with E-state index >= 15 is 0 Å². The molecule has 0 saturated heterocycles. The van der Waals surface area contributed by atoms with Gasteiger partial charge in [0.1, 0.15) is 0 Å². The molecule has 1 aromatic carbocycles. The molecule has 1 aliphatic carbocycles. The number of nitriles is 1. The van der Waals surface area contributed by atoms with Gasteiger partial charge in [-0.2, -0.15) is 5.26 Å². The Morgan fingerprint density at radius 1 is 1.00 bits per heavy atom. The minimum absolute atomic E-state index is 0.380. The molecule has 0 bridgehead atoms. The van der Waals surface area contributed by atoms with Gasteiger partial charge in [-0.3, -0.25) is 0 Å². The SMILES string of the molecule is CCCCCCCc1ccc(COC2CCC(C=CC#N)CC2)cc1. The van der Waals surface area contributed by atoms with E-state index in [9.17, 15) is 0 Å². The maximum absolute atomic E-state index is 8.60. The molecular formula is C23H33NO. The van der Waals surface area contributed by atoms with Gasteiger partial charge in [0.15, 0.2) is 0 Å². The van der Waals surface area contributed by atoms with E-state index in [1.54, 1.807) is 6.08 Å². The number of hydrogen-bond acceptors (Lipinski definition) is 2. The average Bonchev–Trinajstić information content (AvgIpc) is 2.66. The van der Waals surface area contributed by atoms with Gasteiger partial charge in [0.25, 0.3) is 0 Å². The molecule has 0 heterocycles. The number of ether oxygens (including phenoxy) is 1. The molecule has 136 valence electrons. The quantitative estimate of drug-likeness (QED) is 0.367. The first kappa shape index (κ1) is 19.7. The summed E-state index contributed by atoms with van der Waals surface area (Å²) < 4.78 is 6.10. The molecule has 25 heavy (non-hydrogen) atoms. The highest BCUT2D eigenvalue weighted by atomic mass is 16.5. The highest BCUT2D eigenvalue weighted by Gasteiger charge is 2.19. The molecule has 2 heteroatoms. The molecule has 0 aliphatic heterocycles. The molecule has 1 fully saturated rings. The van der Waals surface area contributed by atoms with E-state index in [1.807, 2.05) is 0 Å². The van der Waals surface area contributed by atoms with Gasteiger partial charge in [-0.05, 0) is 55.6 Å². The van der Waals surface area contributed by atoms with Gasteiger partial charge in [0.05, 0.1) is 18.8 Å². The van der Waals surface area contributed by atoms with E-state index in [2.05, 4.69) is 43.3 Å². The van der Waals surface area contributed by atoms with Crippen molar-refractivity contribution in [2.24, 2.45) is 5.92 Å². The molecule has 2 rings (SSSR count). The van der Waals surface area contributed by atoms with Gasteiger partial charge in [-0.1, -0.05) is 62.9 Å². The fraction of sp³-hybridized carbons (Fsp3) is 0.609. The van der Waals surface area contributed by atoms with Crippen LogP contribution in [0.3, 0.4) is 0 Å². The predicted molar refractivity (Wildman–Crippen MR) is 104 cm³/mol. The number of hydrogen-bond donors (Lipinski definition) is 0. The number of aryl methyl sites for hydroxylation is 1. The van der Waals surface area contributed by atoms with E-state index in [-0.39, 0.29) is 0 Å². The summed E-state index contributed by atoms with van der Waals surface area (Å²) in [5, 5.41) is 8.60. The van der Waals surface area contributed by atoms with Crippen molar-refractivity contribution in [2.45, 2.75) is 83.8 Å². The number of nitrogens with zero attached hydrogens (tertiary/aromatic N) is 1. The van der Waals surface area contributed by atoms with Crippen LogP contribution in [0, 0.1) is 17.2 Å². The Kier molecular flexibility index (Phi) is 9.37. The van der Waals surface area contributed by atoms with Gasteiger partial charge in [0.2, 0.25) is 0 Å². The zero-order chi connectivity index (χ0) is 17.7. The smallest absolute Gasteiger partial charge is 0.0908 e. The molecule has 0 spiro atoms. The summed E-state index contributed by atoms with van der Waals surface area (Å²) in [5.74, 6) is 0.566. The maximum atomic E-state index is 8.60. The molecule has 1 saturated carbocycles. The van der Waals surface area contributed by atoms with Crippen molar-refractivity contribution in [1.82, 2.24) is 0 Å². The lowest BCUT2D eigenvalue weighted by molar-refractivity contribution is 0.0110. The van der Waals surface area contributed by atoms with Gasteiger partial charge >= 0.3 is 0 Å². The number of rotatable bonds is 10. The van der Waals surface area contributed by atoms with Gasteiger partial charge in [-0.25, -0.2) is 0 Å². The normalized spacial score (nSPS) is 20.6. The minimum atomic E-state index is 0.380. The zero-order valence-electron chi connectivity index (χ0n) is 15.8. The van der Waals surface area contributed by atoms with E-state index in [1.165, 1.54) is 49.7 Å². The predicted octanol–water partition coefficient (Wildman–Crippen LogP) is 6.35. The first-order chi connectivity index (χ1) is 12.3. The summed E-state index contributed by atoms with van der Waals surface area (Å²) >= 11 is 0. The van der Waals surface area contributed by atoms with E-state index in [4.69, 9.17) is 10.00 Å². The Morgan fingerprint density at radius 2 is 1.68 bits per heavy atom. The van der Waals surface area contributed by atoms with Gasteiger partial charge in [0, 0.05) is 6.08 Å². The molecule has 0 N–H and O–H groups in total. The van der Waals surface area contributed by atoms with Gasteiger partial charge in [-0.15, -0.1) is 0 Å². The molecule has 1 aliphatic rings. The fourth-order valence-electron chi connectivity index (χ4n) is 3.58. The summed E-state index contributed by atoms with van der Waals surface area (Å²) in [5.41, 5.74) is 2.73. The van der Waals surface area contributed by atoms with Crippen LogP contribution in [0.1, 0.15) is 75.8 Å². The van der Waals surface area contributed by atoms with E-state index < -0.39 is 0 Å². The Bertz CT molecular complexity index is 532. The Labute approximate surface area is 153 Å². The van der Waals surface area contributed by atoms with Crippen LogP contribution in [0.25, 0.3) is 0 Å². The van der Waals surface area contributed by atoms with Crippen molar-refractivity contribution in [3.05, 3.63) is 47.5 Å².